The van der Waals surface area contributed by atoms with Crippen LogP contribution >= 0.6 is 0 Å². The summed E-state index contributed by atoms with van der Waals surface area (Å²) < 4.78 is 0. The number of carbonyl (C=O) groups is 1. The number of nitrogens with zero attached hydrogens (tertiary/aromatic N) is 4. The highest BCUT2D eigenvalue weighted by Gasteiger charge is 2.28. The van der Waals surface area contributed by atoms with Gasteiger partial charge in [-0.3, -0.25) is 4.79 Å². The fourth-order valence-corrected chi connectivity index (χ4v) is 3.53. The lowest BCUT2D eigenvalue weighted by atomic mass is 10.1. The van der Waals surface area contributed by atoms with Crippen LogP contribution in [-0.4, -0.2) is 36.2 Å². The van der Waals surface area contributed by atoms with Gasteiger partial charge in [-0.05, 0) is 61.4 Å². The summed E-state index contributed by atoms with van der Waals surface area (Å²) in [4.78, 5) is 16.7. The van der Waals surface area contributed by atoms with Gasteiger partial charge in [-0.2, -0.15) is 0 Å². The van der Waals surface area contributed by atoms with Crippen LogP contribution in [-0.2, 0) is 6.42 Å². The third-order valence-corrected chi connectivity index (χ3v) is 4.98. The zero-order valence-electron chi connectivity index (χ0n) is 16.3. The predicted octanol–water partition coefficient (Wildman–Crippen LogP) is 3.88. The number of rotatable bonds is 4. The number of benzene rings is 2. The number of hydrogen-bond acceptors (Lipinski definition) is 5. The molecule has 0 radical (unpaired) electrons. The minimum atomic E-state index is -0.272. The minimum absolute atomic E-state index is 0.272. The van der Waals surface area contributed by atoms with Gasteiger partial charge in [0.25, 0.3) is 5.91 Å². The van der Waals surface area contributed by atoms with Crippen molar-refractivity contribution in [3.05, 3.63) is 71.9 Å². The van der Waals surface area contributed by atoms with Crippen molar-refractivity contribution < 1.29 is 4.79 Å². The molecule has 1 atom stereocenters. The van der Waals surface area contributed by atoms with Gasteiger partial charge in [-0.1, -0.05) is 18.2 Å². The molecule has 0 bridgehead atoms. The molecule has 0 spiro atoms. The molecule has 1 amide bonds. The van der Waals surface area contributed by atoms with Crippen LogP contribution in [0.25, 0.3) is 0 Å². The van der Waals surface area contributed by atoms with Crippen LogP contribution in [0, 0.1) is 0 Å². The largest absolute Gasteiger partial charge is 0.378 e. The van der Waals surface area contributed by atoms with E-state index in [0.717, 1.165) is 29.3 Å². The Hall–Kier alpha value is -3.41. The number of amides is 1. The molecule has 6 nitrogen and oxygen atoms in total. The first kappa shape index (κ1) is 18.0. The molecule has 6 heteroatoms. The first-order chi connectivity index (χ1) is 13.5. The third kappa shape index (κ3) is 3.41. The van der Waals surface area contributed by atoms with Gasteiger partial charge in [0, 0.05) is 37.2 Å². The molecule has 2 aromatic carbocycles. The number of nitrogens with one attached hydrogen (secondary N) is 1. The maximum Gasteiger partial charge on any atom is 0.276 e. The molecule has 1 N–H and O–H groups in total. The maximum atomic E-state index is 12.5. The summed E-state index contributed by atoms with van der Waals surface area (Å²) in [5, 5.41) is 11.3. The van der Waals surface area contributed by atoms with Crippen molar-refractivity contribution >= 4 is 28.8 Å². The van der Waals surface area contributed by atoms with Gasteiger partial charge in [-0.25, -0.2) is 0 Å². The zero-order valence-corrected chi connectivity index (χ0v) is 16.3. The molecule has 1 unspecified atom stereocenters. The number of hydrogen-bond donors (Lipinski definition) is 1. The summed E-state index contributed by atoms with van der Waals surface area (Å²) in [5.74, 6) is 0.482. The average Bonchev–Trinajstić information content (AvgIpc) is 3.04. The van der Waals surface area contributed by atoms with Crippen molar-refractivity contribution in [3.8, 4) is 0 Å². The molecule has 2 heterocycles. The van der Waals surface area contributed by atoms with Gasteiger partial charge in [0.1, 0.15) is 0 Å². The molecular weight excluding hydrogens is 350 g/mol. The van der Waals surface area contributed by atoms with Crippen LogP contribution in [0.1, 0.15) is 23.0 Å². The Bertz CT molecular complexity index is 983. The number of para-hydroxylation sites is 1. The summed E-state index contributed by atoms with van der Waals surface area (Å²) in [6.07, 6.45) is 0.975. The zero-order chi connectivity index (χ0) is 19.7. The monoisotopic (exact) mass is 373 g/mol. The molecule has 28 heavy (non-hydrogen) atoms. The van der Waals surface area contributed by atoms with E-state index < -0.39 is 0 Å². The van der Waals surface area contributed by atoms with E-state index in [1.807, 2.05) is 55.4 Å². The van der Waals surface area contributed by atoms with Gasteiger partial charge in [-0.15, -0.1) is 10.2 Å². The van der Waals surface area contributed by atoms with Crippen molar-refractivity contribution in [1.82, 2.24) is 10.2 Å². The van der Waals surface area contributed by atoms with Gasteiger partial charge in [0.2, 0.25) is 0 Å². The van der Waals surface area contributed by atoms with Gasteiger partial charge >= 0.3 is 0 Å². The Morgan fingerprint density at radius 3 is 2.46 bits per heavy atom. The fraction of sp³-hybridized carbons (Fsp3) is 0.227. The summed E-state index contributed by atoms with van der Waals surface area (Å²) in [5.41, 5.74) is 4.55. The van der Waals surface area contributed by atoms with Crippen molar-refractivity contribution in [2.75, 3.05) is 29.2 Å². The topological polar surface area (TPSA) is 61.4 Å². The summed E-state index contributed by atoms with van der Waals surface area (Å²) in [6.45, 7) is 2.17. The second-order valence-electron chi connectivity index (χ2n) is 7.22. The van der Waals surface area contributed by atoms with Crippen molar-refractivity contribution in [2.24, 2.45) is 0 Å². The number of aromatic nitrogens is 2. The van der Waals surface area contributed by atoms with Crippen LogP contribution < -0.4 is 15.1 Å². The lowest BCUT2D eigenvalue weighted by Crippen LogP contribution is -2.25. The van der Waals surface area contributed by atoms with E-state index in [0.29, 0.717) is 11.7 Å². The van der Waals surface area contributed by atoms with Gasteiger partial charge < -0.3 is 15.1 Å². The first-order valence-corrected chi connectivity index (χ1v) is 9.32. The summed E-state index contributed by atoms with van der Waals surface area (Å²) in [7, 11) is 3.95. The van der Waals surface area contributed by atoms with Crippen LogP contribution in [0.5, 0.6) is 0 Å². The molecule has 4 rings (SSSR count). The standard InChI is InChI=1S/C22H23N5O/c1-15-14-16-6-4-5-7-20(16)27(15)21-13-12-19(24-25-21)22(28)23-17-8-10-18(11-9-17)26(2)3/h4-13,15H,14H2,1-3H3,(H,23,28). The molecular formula is C22H23N5O. The van der Waals surface area contributed by atoms with E-state index in [4.69, 9.17) is 0 Å². The molecule has 3 aromatic rings. The molecule has 142 valence electrons. The van der Waals surface area contributed by atoms with E-state index in [-0.39, 0.29) is 5.91 Å². The van der Waals surface area contributed by atoms with Crippen molar-refractivity contribution in [2.45, 2.75) is 19.4 Å². The second kappa shape index (κ2) is 7.31. The molecule has 0 saturated carbocycles. The van der Waals surface area contributed by atoms with Crippen LogP contribution in [0.4, 0.5) is 22.9 Å². The lowest BCUT2D eigenvalue weighted by Gasteiger charge is -2.23. The third-order valence-electron chi connectivity index (χ3n) is 4.98. The second-order valence-corrected chi connectivity index (χ2v) is 7.22. The fourth-order valence-electron chi connectivity index (χ4n) is 3.53. The Balaban J connectivity index is 1.49. The van der Waals surface area contributed by atoms with E-state index >= 15 is 0 Å². The molecule has 1 aliphatic rings. The first-order valence-electron chi connectivity index (χ1n) is 9.32. The Morgan fingerprint density at radius 2 is 1.79 bits per heavy atom. The number of carbonyl (C=O) groups excluding carboxylic acids is 1. The molecule has 0 fully saturated rings. The van der Waals surface area contributed by atoms with Crippen LogP contribution in [0.2, 0.25) is 0 Å². The van der Waals surface area contributed by atoms with Crippen molar-refractivity contribution in [1.29, 1.82) is 0 Å². The molecule has 0 aliphatic carbocycles. The highest BCUT2D eigenvalue weighted by molar-refractivity contribution is 6.02. The Labute approximate surface area is 164 Å². The Kier molecular flexibility index (Phi) is 4.69. The van der Waals surface area contributed by atoms with E-state index in [2.05, 4.69) is 45.5 Å². The van der Waals surface area contributed by atoms with Crippen molar-refractivity contribution in [3.63, 3.8) is 0 Å². The molecule has 0 saturated heterocycles. The quantitative estimate of drug-likeness (QED) is 0.752. The SMILES string of the molecule is CC1Cc2ccccc2N1c1ccc(C(=O)Nc2ccc(N(C)C)cc2)nn1. The normalized spacial score (nSPS) is 15.2. The van der Waals surface area contributed by atoms with Gasteiger partial charge in [0.05, 0.1) is 0 Å². The number of fused-ring (bicyclic) bond motifs is 1. The molecule has 1 aromatic heterocycles. The lowest BCUT2D eigenvalue weighted by molar-refractivity contribution is 0.102. The average molecular weight is 373 g/mol. The van der Waals surface area contributed by atoms with E-state index in [1.54, 1.807) is 6.07 Å². The van der Waals surface area contributed by atoms with Crippen LogP contribution in [0.15, 0.2) is 60.7 Å². The van der Waals surface area contributed by atoms with E-state index in [1.165, 1.54) is 5.56 Å². The van der Waals surface area contributed by atoms with Gasteiger partial charge in [0.15, 0.2) is 11.5 Å². The summed E-state index contributed by atoms with van der Waals surface area (Å²) >= 11 is 0. The highest BCUT2D eigenvalue weighted by Crippen LogP contribution is 2.36. The Morgan fingerprint density at radius 1 is 1.04 bits per heavy atom. The number of anilines is 4. The van der Waals surface area contributed by atoms with Crippen LogP contribution in [0.3, 0.4) is 0 Å². The van der Waals surface area contributed by atoms with E-state index in [9.17, 15) is 4.79 Å². The minimum Gasteiger partial charge on any atom is -0.378 e. The molecule has 1 aliphatic heterocycles. The maximum absolute atomic E-state index is 12.5. The predicted molar refractivity (Wildman–Crippen MR) is 113 cm³/mol. The summed E-state index contributed by atoms with van der Waals surface area (Å²) in [6, 6.07) is 19.9. The smallest absolute Gasteiger partial charge is 0.276 e. The highest BCUT2D eigenvalue weighted by atomic mass is 16.1.